The standard InChI is InChI=1S/C9H12O2S2/c1-12-7-13-9-4-2-8(3-5-9)6-11-10/h2-5,10H,6-7H2,1H3. The number of benzene rings is 1. The van der Waals surface area contributed by atoms with Crippen molar-refractivity contribution >= 4 is 23.5 Å². The maximum absolute atomic E-state index is 8.22. The SMILES string of the molecule is CSCSc1ccc(COO)cc1. The molecule has 13 heavy (non-hydrogen) atoms. The summed E-state index contributed by atoms with van der Waals surface area (Å²) >= 11 is 3.62. The molecule has 0 aliphatic carbocycles. The Morgan fingerprint density at radius 1 is 1.31 bits per heavy atom. The summed E-state index contributed by atoms with van der Waals surface area (Å²) in [6.07, 6.45) is 2.08. The average molecular weight is 216 g/mol. The fourth-order valence-electron chi connectivity index (χ4n) is 0.883. The zero-order chi connectivity index (χ0) is 9.52. The van der Waals surface area contributed by atoms with Crippen molar-refractivity contribution in [2.24, 2.45) is 0 Å². The molecule has 1 aromatic rings. The first-order chi connectivity index (χ1) is 6.36. The van der Waals surface area contributed by atoms with Gasteiger partial charge in [-0.25, -0.2) is 4.89 Å². The Bertz CT molecular complexity index is 236. The van der Waals surface area contributed by atoms with E-state index in [1.165, 1.54) is 4.90 Å². The predicted molar refractivity (Wildman–Crippen MR) is 58.1 cm³/mol. The van der Waals surface area contributed by atoms with E-state index in [0.717, 1.165) is 10.6 Å². The van der Waals surface area contributed by atoms with Gasteiger partial charge in [-0.2, -0.15) is 11.8 Å². The third-order valence-corrected chi connectivity index (χ3v) is 3.52. The summed E-state index contributed by atoms with van der Waals surface area (Å²) in [4.78, 5) is 5.28. The van der Waals surface area contributed by atoms with Crippen LogP contribution in [0.4, 0.5) is 0 Å². The normalized spacial score (nSPS) is 10.3. The van der Waals surface area contributed by atoms with Crippen LogP contribution in [0.5, 0.6) is 0 Å². The van der Waals surface area contributed by atoms with Crippen molar-refractivity contribution < 1.29 is 10.1 Å². The van der Waals surface area contributed by atoms with Gasteiger partial charge in [-0.05, 0) is 24.0 Å². The number of hydrogen-bond acceptors (Lipinski definition) is 4. The van der Waals surface area contributed by atoms with Gasteiger partial charge in [0.25, 0.3) is 0 Å². The molecule has 0 heterocycles. The summed E-state index contributed by atoms with van der Waals surface area (Å²) in [6, 6.07) is 7.99. The maximum atomic E-state index is 8.22. The third kappa shape index (κ3) is 4.04. The van der Waals surface area contributed by atoms with Gasteiger partial charge in [-0.1, -0.05) is 12.1 Å². The van der Waals surface area contributed by atoms with Gasteiger partial charge in [0.1, 0.15) is 6.61 Å². The highest BCUT2D eigenvalue weighted by Gasteiger charge is 1.94. The molecule has 0 aromatic heterocycles. The summed E-state index contributed by atoms with van der Waals surface area (Å²) in [5.41, 5.74) is 0.982. The minimum Gasteiger partial charge on any atom is -0.251 e. The zero-order valence-electron chi connectivity index (χ0n) is 7.40. The lowest BCUT2D eigenvalue weighted by molar-refractivity contribution is -0.253. The van der Waals surface area contributed by atoms with Crippen LogP contribution in [0.15, 0.2) is 29.2 Å². The summed E-state index contributed by atoms with van der Waals surface area (Å²) in [5, 5.41) is 9.29. The predicted octanol–water partition coefficient (Wildman–Crippen LogP) is 3.09. The summed E-state index contributed by atoms with van der Waals surface area (Å²) < 4.78 is 0. The molecule has 0 saturated carbocycles. The van der Waals surface area contributed by atoms with Gasteiger partial charge in [0, 0.05) is 9.98 Å². The van der Waals surface area contributed by atoms with E-state index in [1.54, 1.807) is 11.8 Å². The molecule has 0 amide bonds. The molecule has 0 unspecified atom stereocenters. The van der Waals surface area contributed by atoms with Crippen molar-refractivity contribution in [3.05, 3.63) is 29.8 Å². The van der Waals surface area contributed by atoms with E-state index in [0.29, 0.717) is 0 Å². The first kappa shape index (κ1) is 10.9. The molecule has 4 heteroatoms. The van der Waals surface area contributed by atoms with Gasteiger partial charge in [-0.3, -0.25) is 5.26 Å². The molecule has 0 aliphatic heterocycles. The van der Waals surface area contributed by atoms with Crippen molar-refractivity contribution in [1.29, 1.82) is 0 Å². The van der Waals surface area contributed by atoms with Crippen LogP contribution in [0.25, 0.3) is 0 Å². The molecule has 0 atom stereocenters. The smallest absolute Gasteiger partial charge is 0.107 e. The van der Waals surface area contributed by atoms with Gasteiger partial charge < -0.3 is 0 Å². The summed E-state index contributed by atoms with van der Waals surface area (Å²) in [5.74, 6) is 0. The van der Waals surface area contributed by atoms with E-state index in [1.807, 2.05) is 36.0 Å². The van der Waals surface area contributed by atoms with E-state index in [9.17, 15) is 0 Å². The second kappa shape index (κ2) is 6.32. The highest BCUT2D eigenvalue weighted by molar-refractivity contribution is 8.15. The van der Waals surface area contributed by atoms with Crippen LogP contribution in [-0.4, -0.2) is 16.6 Å². The third-order valence-electron chi connectivity index (χ3n) is 1.50. The summed E-state index contributed by atoms with van der Waals surface area (Å²) in [7, 11) is 0. The highest BCUT2D eigenvalue weighted by atomic mass is 32.2. The Morgan fingerprint density at radius 3 is 2.54 bits per heavy atom. The minimum atomic E-state index is 0.257. The Hall–Kier alpha value is -0.160. The van der Waals surface area contributed by atoms with Gasteiger partial charge in [-0.15, -0.1) is 11.8 Å². The lowest BCUT2D eigenvalue weighted by atomic mass is 10.2. The molecule has 1 N–H and O–H groups in total. The summed E-state index contributed by atoms with van der Waals surface area (Å²) in [6.45, 7) is 0.257. The van der Waals surface area contributed by atoms with Gasteiger partial charge in [0.2, 0.25) is 0 Å². The van der Waals surface area contributed by atoms with Crippen LogP contribution in [0.2, 0.25) is 0 Å². The maximum Gasteiger partial charge on any atom is 0.107 e. The van der Waals surface area contributed by atoms with Crippen molar-refractivity contribution in [2.45, 2.75) is 11.5 Å². The van der Waals surface area contributed by atoms with Crippen LogP contribution in [0.1, 0.15) is 5.56 Å². The Labute approximate surface area is 86.6 Å². The van der Waals surface area contributed by atoms with E-state index in [4.69, 9.17) is 5.26 Å². The lowest BCUT2D eigenvalue weighted by Gasteiger charge is -2.01. The second-order valence-corrected chi connectivity index (χ2v) is 4.75. The second-order valence-electron chi connectivity index (χ2n) is 2.47. The fourth-order valence-corrected chi connectivity index (χ4v) is 2.23. The van der Waals surface area contributed by atoms with Crippen molar-refractivity contribution in [2.75, 3.05) is 11.3 Å². The molecule has 72 valence electrons. The first-order valence-electron chi connectivity index (χ1n) is 3.84. The van der Waals surface area contributed by atoms with Crippen LogP contribution >= 0.6 is 23.5 Å². The average Bonchev–Trinajstić information content (AvgIpc) is 2.17. The fraction of sp³-hybridized carbons (Fsp3) is 0.333. The molecule has 0 radical (unpaired) electrons. The van der Waals surface area contributed by atoms with Crippen LogP contribution < -0.4 is 0 Å². The number of thioether (sulfide) groups is 2. The number of rotatable bonds is 5. The van der Waals surface area contributed by atoms with Crippen molar-refractivity contribution in [3.8, 4) is 0 Å². The molecule has 0 spiro atoms. The van der Waals surface area contributed by atoms with E-state index in [2.05, 4.69) is 11.1 Å². The highest BCUT2D eigenvalue weighted by Crippen LogP contribution is 2.21. The monoisotopic (exact) mass is 216 g/mol. The zero-order valence-corrected chi connectivity index (χ0v) is 9.03. The quantitative estimate of drug-likeness (QED) is 0.354. The molecule has 1 rings (SSSR count). The van der Waals surface area contributed by atoms with Crippen LogP contribution in [0.3, 0.4) is 0 Å². The lowest BCUT2D eigenvalue weighted by Crippen LogP contribution is -1.86. The molecule has 0 fully saturated rings. The molecule has 1 aromatic carbocycles. The molecule has 2 nitrogen and oxygen atoms in total. The van der Waals surface area contributed by atoms with E-state index < -0.39 is 0 Å². The van der Waals surface area contributed by atoms with Gasteiger partial charge in [0.05, 0.1) is 0 Å². The van der Waals surface area contributed by atoms with Crippen molar-refractivity contribution in [1.82, 2.24) is 0 Å². The number of hydrogen-bond donors (Lipinski definition) is 1. The van der Waals surface area contributed by atoms with E-state index >= 15 is 0 Å². The minimum absolute atomic E-state index is 0.257. The largest absolute Gasteiger partial charge is 0.251 e. The topological polar surface area (TPSA) is 29.5 Å². The Kier molecular flexibility index (Phi) is 5.31. The van der Waals surface area contributed by atoms with Crippen molar-refractivity contribution in [3.63, 3.8) is 0 Å². The Morgan fingerprint density at radius 2 is 2.00 bits per heavy atom. The first-order valence-corrected chi connectivity index (χ1v) is 6.22. The molecular weight excluding hydrogens is 204 g/mol. The molecule has 0 saturated heterocycles. The molecule has 0 bridgehead atoms. The molecule has 0 aliphatic rings. The van der Waals surface area contributed by atoms with E-state index in [-0.39, 0.29) is 6.61 Å². The molecular formula is C9H12O2S2. The van der Waals surface area contributed by atoms with Crippen LogP contribution in [-0.2, 0) is 11.5 Å². The van der Waals surface area contributed by atoms with Crippen LogP contribution in [0, 0.1) is 0 Å². The van der Waals surface area contributed by atoms with Gasteiger partial charge >= 0.3 is 0 Å². The Balaban J connectivity index is 2.48. The van der Waals surface area contributed by atoms with Gasteiger partial charge in [0.15, 0.2) is 0 Å².